The van der Waals surface area contributed by atoms with E-state index in [4.69, 9.17) is 0 Å². The second-order valence-corrected chi connectivity index (χ2v) is 7.37. The van der Waals surface area contributed by atoms with Gasteiger partial charge in [0.15, 0.2) is 0 Å². The van der Waals surface area contributed by atoms with E-state index in [1.165, 1.54) is 28.7 Å². The molecule has 2 aliphatic heterocycles. The van der Waals surface area contributed by atoms with Gasteiger partial charge in [-0.3, -0.25) is 9.69 Å². The van der Waals surface area contributed by atoms with Gasteiger partial charge in [0.1, 0.15) is 0 Å². The predicted octanol–water partition coefficient (Wildman–Crippen LogP) is 3.72. The minimum absolute atomic E-state index is 0.272. The standard InChI is InChI=1S/C22H26N2O/c1-17-8-10-19(11-9-17)21-7-4-13-23(21)16-22(25)24-14-12-18-5-2-3-6-20(18)15-24/h2-3,5-6,8-11,21H,4,7,12-16H2,1H3/t21-/m0/s1. The lowest BCUT2D eigenvalue weighted by atomic mass is 10.00. The lowest BCUT2D eigenvalue weighted by Crippen LogP contribution is -2.42. The van der Waals surface area contributed by atoms with Crippen molar-refractivity contribution in [2.75, 3.05) is 19.6 Å². The molecule has 0 N–H and O–H groups in total. The van der Waals surface area contributed by atoms with Crippen LogP contribution in [0.4, 0.5) is 0 Å². The Balaban J connectivity index is 1.43. The van der Waals surface area contributed by atoms with E-state index in [1.807, 2.05) is 4.90 Å². The molecule has 2 aromatic carbocycles. The third kappa shape index (κ3) is 3.47. The quantitative estimate of drug-likeness (QED) is 0.854. The fourth-order valence-electron chi connectivity index (χ4n) is 4.16. The van der Waals surface area contributed by atoms with Crippen LogP contribution < -0.4 is 0 Å². The molecule has 0 saturated carbocycles. The van der Waals surface area contributed by atoms with Gasteiger partial charge in [0.2, 0.25) is 5.91 Å². The Morgan fingerprint density at radius 2 is 1.80 bits per heavy atom. The van der Waals surface area contributed by atoms with Gasteiger partial charge in [-0.05, 0) is 49.4 Å². The van der Waals surface area contributed by atoms with Crippen LogP contribution in [0.15, 0.2) is 48.5 Å². The highest BCUT2D eigenvalue weighted by molar-refractivity contribution is 5.78. The zero-order chi connectivity index (χ0) is 17.2. The molecule has 1 amide bonds. The van der Waals surface area contributed by atoms with Gasteiger partial charge >= 0.3 is 0 Å². The molecule has 25 heavy (non-hydrogen) atoms. The average Bonchev–Trinajstić information content (AvgIpc) is 3.10. The summed E-state index contributed by atoms with van der Waals surface area (Å²) < 4.78 is 0. The molecule has 1 atom stereocenters. The molecular formula is C22H26N2O. The molecule has 0 aliphatic carbocycles. The first-order chi connectivity index (χ1) is 12.2. The number of carbonyl (C=O) groups excluding carboxylic acids is 1. The molecule has 0 radical (unpaired) electrons. The van der Waals surface area contributed by atoms with Crippen LogP contribution in [0.1, 0.15) is 41.1 Å². The molecule has 2 aliphatic rings. The molecule has 0 bridgehead atoms. The first kappa shape index (κ1) is 16.3. The zero-order valence-electron chi connectivity index (χ0n) is 14.9. The molecular weight excluding hydrogens is 308 g/mol. The Morgan fingerprint density at radius 3 is 2.60 bits per heavy atom. The maximum atomic E-state index is 12.9. The number of hydrogen-bond acceptors (Lipinski definition) is 2. The molecule has 0 aromatic heterocycles. The third-order valence-corrected chi connectivity index (χ3v) is 5.65. The van der Waals surface area contributed by atoms with Crippen molar-refractivity contribution < 1.29 is 4.79 Å². The van der Waals surface area contributed by atoms with Gasteiger partial charge in [-0.25, -0.2) is 0 Å². The summed E-state index contributed by atoms with van der Waals surface area (Å²) in [6.45, 7) is 5.29. The van der Waals surface area contributed by atoms with Gasteiger partial charge < -0.3 is 4.90 Å². The minimum Gasteiger partial charge on any atom is -0.337 e. The highest BCUT2D eigenvalue weighted by Crippen LogP contribution is 2.32. The van der Waals surface area contributed by atoms with Gasteiger partial charge in [-0.15, -0.1) is 0 Å². The van der Waals surface area contributed by atoms with Crippen LogP contribution in [0, 0.1) is 6.92 Å². The van der Waals surface area contributed by atoms with Crippen LogP contribution in [-0.2, 0) is 17.8 Å². The summed E-state index contributed by atoms with van der Waals surface area (Å²) in [5, 5.41) is 0. The number of carbonyl (C=O) groups is 1. The topological polar surface area (TPSA) is 23.6 Å². The first-order valence-electron chi connectivity index (χ1n) is 9.36. The van der Waals surface area contributed by atoms with E-state index in [9.17, 15) is 4.79 Å². The molecule has 0 spiro atoms. The van der Waals surface area contributed by atoms with Crippen LogP contribution in [0.3, 0.4) is 0 Å². The van der Waals surface area contributed by atoms with E-state index in [2.05, 4.69) is 60.4 Å². The fraction of sp³-hybridized carbons (Fsp3) is 0.409. The SMILES string of the molecule is Cc1ccc([C@@H]2CCCN2CC(=O)N2CCc3ccccc3C2)cc1. The second kappa shape index (κ2) is 7.01. The maximum absolute atomic E-state index is 12.9. The number of likely N-dealkylation sites (tertiary alicyclic amines) is 1. The smallest absolute Gasteiger partial charge is 0.237 e. The molecule has 0 unspecified atom stereocenters. The summed E-state index contributed by atoms with van der Waals surface area (Å²) in [6.07, 6.45) is 3.30. The van der Waals surface area contributed by atoms with Gasteiger partial charge in [0.25, 0.3) is 0 Å². The zero-order valence-corrected chi connectivity index (χ0v) is 14.9. The third-order valence-electron chi connectivity index (χ3n) is 5.65. The van der Waals surface area contributed by atoms with Crippen molar-refractivity contribution >= 4 is 5.91 Å². The summed E-state index contributed by atoms with van der Waals surface area (Å²) in [4.78, 5) is 17.3. The number of fused-ring (bicyclic) bond motifs is 1. The summed E-state index contributed by atoms with van der Waals surface area (Å²) in [6, 6.07) is 17.7. The number of aryl methyl sites for hydroxylation is 1. The summed E-state index contributed by atoms with van der Waals surface area (Å²) >= 11 is 0. The molecule has 130 valence electrons. The Labute approximate surface area is 150 Å². The van der Waals surface area contributed by atoms with E-state index in [0.29, 0.717) is 12.6 Å². The molecule has 3 nitrogen and oxygen atoms in total. The molecule has 4 rings (SSSR count). The monoisotopic (exact) mass is 334 g/mol. The van der Waals surface area contributed by atoms with Gasteiger partial charge in [0.05, 0.1) is 6.54 Å². The Kier molecular flexibility index (Phi) is 4.58. The van der Waals surface area contributed by atoms with Crippen molar-refractivity contribution in [3.05, 3.63) is 70.8 Å². The fourth-order valence-corrected chi connectivity index (χ4v) is 4.16. The lowest BCUT2D eigenvalue weighted by Gasteiger charge is -2.32. The molecule has 1 fully saturated rings. The summed E-state index contributed by atoms with van der Waals surface area (Å²) in [7, 11) is 0. The van der Waals surface area contributed by atoms with Crippen LogP contribution in [0.25, 0.3) is 0 Å². The number of hydrogen-bond donors (Lipinski definition) is 0. The first-order valence-corrected chi connectivity index (χ1v) is 9.36. The van der Waals surface area contributed by atoms with Crippen molar-refractivity contribution in [3.8, 4) is 0 Å². The van der Waals surface area contributed by atoms with Crippen LogP contribution >= 0.6 is 0 Å². The number of rotatable bonds is 3. The van der Waals surface area contributed by atoms with Crippen LogP contribution in [0.2, 0.25) is 0 Å². The number of nitrogens with zero attached hydrogens (tertiary/aromatic N) is 2. The molecule has 1 saturated heterocycles. The molecule has 2 aromatic rings. The minimum atomic E-state index is 0.272. The lowest BCUT2D eigenvalue weighted by molar-refractivity contribution is -0.133. The number of amides is 1. The Bertz CT molecular complexity index is 753. The normalized spacial score (nSPS) is 20.5. The van der Waals surface area contributed by atoms with E-state index in [1.54, 1.807) is 0 Å². The van der Waals surface area contributed by atoms with Gasteiger partial charge in [0, 0.05) is 19.1 Å². The van der Waals surface area contributed by atoms with Gasteiger partial charge in [-0.2, -0.15) is 0 Å². The Hall–Kier alpha value is -2.13. The maximum Gasteiger partial charge on any atom is 0.237 e. The van der Waals surface area contributed by atoms with E-state index in [0.717, 1.165) is 32.5 Å². The van der Waals surface area contributed by atoms with Crippen molar-refractivity contribution in [2.24, 2.45) is 0 Å². The van der Waals surface area contributed by atoms with Crippen molar-refractivity contribution in [1.29, 1.82) is 0 Å². The highest BCUT2D eigenvalue weighted by atomic mass is 16.2. The van der Waals surface area contributed by atoms with Crippen molar-refractivity contribution in [3.63, 3.8) is 0 Å². The van der Waals surface area contributed by atoms with Crippen LogP contribution in [0.5, 0.6) is 0 Å². The highest BCUT2D eigenvalue weighted by Gasteiger charge is 2.29. The summed E-state index contributed by atoms with van der Waals surface area (Å²) in [5.74, 6) is 0.272. The molecule has 3 heteroatoms. The molecule has 2 heterocycles. The summed E-state index contributed by atoms with van der Waals surface area (Å²) in [5.41, 5.74) is 5.33. The van der Waals surface area contributed by atoms with Crippen molar-refractivity contribution in [1.82, 2.24) is 9.80 Å². The largest absolute Gasteiger partial charge is 0.337 e. The van der Waals surface area contributed by atoms with Crippen LogP contribution in [-0.4, -0.2) is 35.3 Å². The van der Waals surface area contributed by atoms with E-state index in [-0.39, 0.29) is 5.91 Å². The average molecular weight is 334 g/mol. The van der Waals surface area contributed by atoms with E-state index >= 15 is 0 Å². The Morgan fingerprint density at radius 1 is 1.04 bits per heavy atom. The van der Waals surface area contributed by atoms with E-state index < -0.39 is 0 Å². The predicted molar refractivity (Wildman–Crippen MR) is 100 cm³/mol. The van der Waals surface area contributed by atoms with Crippen molar-refractivity contribution in [2.45, 2.75) is 38.8 Å². The number of benzene rings is 2. The second-order valence-electron chi connectivity index (χ2n) is 7.37. The van der Waals surface area contributed by atoms with Gasteiger partial charge in [-0.1, -0.05) is 54.1 Å².